The van der Waals surface area contributed by atoms with Crippen molar-refractivity contribution in [1.29, 1.82) is 0 Å². The summed E-state index contributed by atoms with van der Waals surface area (Å²) in [6.07, 6.45) is 0. The highest BCUT2D eigenvalue weighted by Crippen LogP contribution is 2.13. The Labute approximate surface area is 117 Å². The topological polar surface area (TPSA) is 95.7 Å². The highest BCUT2D eigenvalue weighted by molar-refractivity contribution is 5.94. The van der Waals surface area contributed by atoms with Gasteiger partial charge >= 0.3 is 0 Å². The molecule has 1 amide bonds. The fraction of sp³-hybridized carbons (Fsp3) is 0.462. The first kappa shape index (κ1) is 16.1. The van der Waals surface area contributed by atoms with Crippen molar-refractivity contribution in [3.05, 3.63) is 39.9 Å². The lowest BCUT2D eigenvalue weighted by atomic mass is 10.1. The van der Waals surface area contributed by atoms with E-state index in [0.717, 1.165) is 0 Å². The quantitative estimate of drug-likeness (QED) is 0.589. The Morgan fingerprint density at radius 3 is 2.70 bits per heavy atom. The van der Waals surface area contributed by atoms with Gasteiger partial charge in [-0.3, -0.25) is 14.9 Å². The lowest BCUT2D eigenvalue weighted by Crippen LogP contribution is -2.47. The van der Waals surface area contributed by atoms with Gasteiger partial charge in [0.05, 0.1) is 10.5 Å². The second-order valence-corrected chi connectivity index (χ2v) is 5.22. The van der Waals surface area contributed by atoms with Crippen molar-refractivity contribution >= 4 is 11.6 Å². The van der Waals surface area contributed by atoms with Gasteiger partial charge < -0.3 is 15.3 Å². The second-order valence-electron chi connectivity index (χ2n) is 5.22. The average Bonchev–Trinajstić information content (AvgIpc) is 2.34. The number of nitro benzene ring substituents is 1. The molecule has 0 aliphatic rings. The van der Waals surface area contributed by atoms with Gasteiger partial charge in [0.15, 0.2) is 0 Å². The van der Waals surface area contributed by atoms with Crippen molar-refractivity contribution in [3.63, 3.8) is 0 Å². The summed E-state index contributed by atoms with van der Waals surface area (Å²) in [7, 11) is 3.63. The van der Waals surface area contributed by atoms with Crippen molar-refractivity contribution in [1.82, 2.24) is 10.2 Å². The van der Waals surface area contributed by atoms with E-state index in [9.17, 15) is 20.0 Å². The van der Waals surface area contributed by atoms with Crippen molar-refractivity contribution in [2.45, 2.75) is 12.5 Å². The van der Waals surface area contributed by atoms with Gasteiger partial charge in [-0.1, -0.05) is 6.07 Å². The van der Waals surface area contributed by atoms with Gasteiger partial charge in [-0.05, 0) is 27.1 Å². The van der Waals surface area contributed by atoms with Crippen molar-refractivity contribution in [3.8, 4) is 0 Å². The Morgan fingerprint density at radius 1 is 1.50 bits per heavy atom. The Kier molecular flexibility index (Phi) is 5.18. The Bertz CT molecular complexity index is 500. The molecule has 0 aromatic heterocycles. The molecule has 0 heterocycles. The lowest BCUT2D eigenvalue weighted by Gasteiger charge is -2.27. The summed E-state index contributed by atoms with van der Waals surface area (Å²) in [5, 5.41) is 23.3. The van der Waals surface area contributed by atoms with E-state index in [0.29, 0.717) is 6.54 Å². The van der Waals surface area contributed by atoms with Crippen LogP contribution in [0.5, 0.6) is 0 Å². The molecule has 1 unspecified atom stereocenters. The highest BCUT2D eigenvalue weighted by Gasteiger charge is 2.22. The monoisotopic (exact) mass is 281 g/mol. The standard InChI is InChI=1S/C13H19N3O4/c1-13(18,9-15(2)3)8-14-12(17)10-5-4-6-11(7-10)16(19)20/h4-7,18H,8-9H2,1-3H3,(H,14,17). The van der Waals surface area contributed by atoms with Crippen LogP contribution in [0.15, 0.2) is 24.3 Å². The summed E-state index contributed by atoms with van der Waals surface area (Å²) < 4.78 is 0. The van der Waals surface area contributed by atoms with Crippen LogP contribution in [0.2, 0.25) is 0 Å². The average molecular weight is 281 g/mol. The summed E-state index contributed by atoms with van der Waals surface area (Å²) in [6.45, 7) is 2.07. The molecule has 0 aliphatic heterocycles. The molecule has 1 rings (SSSR count). The number of hydrogen-bond donors (Lipinski definition) is 2. The molecular weight excluding hydrogens is 262 g/mol. The van der Waals surface area contributed by atoms with Crippen LogP contribution >= 0.6 is 0 Å². The minimum absolute atomic E-state index is 0.0622. The maximum absolute atomic E-state index is 11.9. The SMILES string of the molecule is CN(C)CC(C)(O)CNC(=O)c1cccc([N+](=O)[O-])c1. The Hall–Kier alpha value is -1.99. The number of likely N-dealkylation sites (N-methyl/N-ethyl adjacent to an activating group) is 1. The maximum atomic E-state index is 11.9. The summed E-state index contributed by atoms with van der Waals surface area (Å²) in [6, 6.07) is 5.46. The summed E-state index contributed by atoms with van der Waals surface area (Å²) in [4.78, 5) is 23.8. The zero-order valence-corrected chi connectivity index (χ0v) is 11.8. The number of rotatable bonds is 6. The summed E-state index contributed by atoms with van der Waals surface area (Å²) in [5.74, 6) is -0.451. The van der Waals surface area contributed by atoms with Crippen LogP contribution in [-0.2, 0) is 0 Å². The first-order chi connectivity index (χ1) is 9.21. The third kappa shape index (κ3) is 4.94. The number of carbonyl (C=O) groups is 1. The molecule has 1 aromatic carbocycles. The fourth-order valence-electron chi connectivity index (χ4n) is 1.87. The third-order valence-electron chi connectivity index (χ3n) is 2.61. The molecule has 0 radical (unpaired) electrons. The molecule has 1 aromatic rings. The lowest BCUT2D eigenvalue weighted by molar-refractivity contribution is -0.384. The normalized spacial score (nSPS) is 13.8. The van der Waals surface area contributed by atoms with E-state index in [4.69, 9.17) is 0 Å². The zero-order valence-electron chi connectivity index (χ0n) is 11.8. The number of hydrogen-bond acceptors (Lipinski definition) is 5. The van der Waals surface area contributed by atoms with Gasteiger partial charge in [0.25, 0.3) is 11.6 Å². The van der Waals surface area contributed by atoms with Gasteiger partial charge in [0.2, 0.25) is 0 Å². The molecule has 20 heavy (non-hydrogen) atoms. The van der Waals surface area contributed by atoms with Crippen LogP contribution in [-0.4, -0.2) is 53.6 Å². The number of nitrogens with one attached hydrogen (secondary N) is 1. The first-order valence-electron chi connectivity index (χ1n) is 6.11. The molecule has 110 valence electrons. The number of aliphatic hydroxyl groups is 1. The second kappa shape index (κ2) is 6.44. The first-order valence-corrected chi connectivity index (χ1v) is 6.11. The molecule has 0 saturated carbocycles. The van der Waals surface area contributed by atoms with E-state index in [2.05, 4.69) is 5.32 Å². The van der Waals surface area contributed by atoms with Gasteiger partial charge in [-0.25, -0.2) is 0 Å². The van der Waals surface area contributed by atoms with Crippen molar-refractivity contribution < 1.29 is 14.8 Å². The van der Waals surface area contributed by atoms with Gasteiger partial charge in [-0.15, -0.1) is 0 Å². The zero-order chi connectivity index (χ0) is 15.3. The molecule has 7 nitrogen and oxygen atoms in total. The van der Waals surface area contributed by atoms with E-state index in [1.807, 2.05) is 14.1 Å². The van der Waals surface area contributed by atoms with Crippen LogP contribution in [0, 0.1) is 10.1 Å². The number of nitrogens with zero attached hydrogens (tertiary/aromatic N) is 2. The molecule has 0 aliphatic carbocycles. The molecule has 0 saturated heterocycles. The van der Waals surface area contributed by atoms with Crippen LogP contribution in [0.25, 0.3) is 0 Å². The van der Waals surface area contributed by atoms with E-state index in [1.54, 1.807) is 11.8 Å². The van der Waals surface area contributed by atoms with Gasteiger partial charge in [-0.2, -0.15) is 0 Å². The highest BCUT2D eigenvalue weighted by atomic mass is 16.6. The summed E-state index contributed by atoms with van der Waals surface area (Å²) >= 11 is 0. The van der Waals surface area contributed by atoms with Crippen LogP contribution in [0.4, 0.5) is 5.69 Å². The number of non-ortho nitro benzene ring substituents is 1. The Balaban J connectivity index is 2.68. The minimum atomic E-state index is -1.07. The maximum Gasteiger partial charge on any atom is 0.270 e. The van der Waals surface area contributed by atoms with Crippen molar-refractivity contribution in [2.24, 2.45) is 0 Å². The number of amides is 1. The summed E-state index contributed by atoms with van der Waals surface area (Å²) in [5.41, 5.74) is -1.02. The fourth-order valence-corrected chi connectivity index (χ4v) is 1.87. The molecule has 7 heteroatoms. The van der Waals surface area contributed by atoms with Crippen molar-refractivity contribution in [2.75, 3.05) is 27.2 Å². The molecule has 1 atom stereocenters. The van der Waals surface area contributed by atoms with E-state index < -0.39 is 16.4 Å². The molecule has 0 spiro atoms. The smallest absolute Gasteiger partial charge is 0.270 e. The Morgan fingerprint density at radius 2 is 2.15 bits per heavy atom. The van der Waals surface area contributed by atoms with Crippen LogP contribution in [0.1, 0.15) is 17.3 Å². The number of benzene rings is 1. The molecule has 2 N–H and O–H groups in total. The van der Waals surface area contributed by atoms with E-state index >= 15 is 0 Å². The molecule has 0 fully saturated rings. The number of carbonyl (C=O) groups excluding carboxylic acids is 1. The van der Waals surface area contributed by atoms with Crippen LogP contribution < -0.4 is 5.32 Å². The third-order valence-corrected chi connectivity index (χ3v) is 2.61. The van der Waals surface area contributed by atoms with Gasteiger partial charge in [0.1, 0.15) is 0 Å². The van der Waals surface area contributed by atoms with E-state index in [1.165, 1.54) is 24.3 Å². The molecule has 0 bridgehead atoms. The van der Waals surface area contributed by atoms with Crippen LogP contribution in [0.3, 0.4) is 0 Å². The van der Waals surface area contributed by atoms with E-state index in [-0.39, 0.29) is 17.8 Å². The van der Waals surface area contributed by atoms with Gasteiger partial charge in [0, 0.05) is 30.8 Å². The largest absolute Gasteiger partial charge is 0.387 e. The predicted molar refractivity (Wildman–Crippen MR) is 74.6 cm³/mol. The predicted octanol–water partition coefficient (Wildman–Crippen LogP) is 0.637. The number of nitro groups is 1. The molecular formula is C13H19N3O4. The minimum Gasteiger partial charge on any atom is -0.387 e.